The first-order chi connectivity index (χ1) is 13.0. The monoisotopic (exact) mass is 401 g/mol. The van der Waals surface area contributed by atoms with Crippen LogP contribution >= 0.6 is 23.2 Å². The fourth-order valence-corrected chi connectivity index (χ4v) is 3.59. The van der Waals surface area contributed by atoms with Gasteiger partial charge in [-0.25, -0.2) is 4.68 Å². The van der Waals surface area contributed by atoms with Gasteiger partial charge in [0, 0.05) is 10.6 Å². The summed E-state index contributed by atoms with van der Waals surface area (Å²) in [5, 5.41) is 5.95. The van der Waals surface area contributed by atoms with E-state index >= 15 is 0 Å². The highest BCUT2D eigenvalue weighted by molar-refractivity contribution is 6.32. The maximum Gasteiger partial charge on any atom is 0.258 e. The largest absolute Gasteiger partial charge is 0.476 e. The zero-order valence-corrected chi connectivity index (χ0v) is 15.9. The number of primary amides is 1. The average molecular weight is 402 g/mol. The van der Waals surface area contributed by atoms with E-state index in [1.54, 1.807) is 16.8 Å². The minimum Gasteiger partial charge on any atom is -0.476 e. The number of ether oxygens (including phenoxy) is 1. The van der Waals surface area contributed by atoms with Gasteiger partial charge in [-0.15, -0.1) is 0 Å². The lowest BCUT2D eigenvalue weighted by molar-refractivity contribution is -0.124. The lowest BCUT2D eigenvalue weighted by atomic mass is 10.1. The molecular weight excluding hydrogens is 385 g/mol. The van der Waals surface area contributed by atoms with Crippen molar-refractivity contribution in [2.45, 2.75) is 25.4 Å². The molecular formula is C20H17Cl2N3O2. The van der Waals surface area contributed by atoms with Gasteiger partial charge in [-0.3, -0.25) is 4.79 Å². The fourth-order valence-electron chi connectivity index (χ4n) is 3.25. The number of hydrogen-bond donors (Lipinski definition) is 1. The second-order valence-electron chi connectivity index (χ2n) is 6.40. The number of nitrogens with zero attached hydrogens (tertiary/aromatic N) is 2. The molecule has 5 nitrogen and oxygen atoms in total. The van der Waals surface area contributed by atoms with Gasteiger partial charge in [-0.2, -0.15) is 5.10 Å². The maximum absolute atomic E-state index is 11.8. The summed E-state index contributed by atoms with van der Waals surface area (Å²) in [6.45, 7) is 0. The molecule has 0 radical (unpaired) electrons. The summed E-state index contributed by atoms with van der Waals surface area (Å²) in [4.78, 5) is 11.8. The molecule has 1 atom stereocenters. The van der Waals surface area contributed by atoms with Crippen molar-refractivity contribution < 1.29 is 9.53 Å². The van der Waals surface area contributed by atoms with Gasteiger partial charge in [-0.1, -0.05) is 47.5 Å². The molecule has 0 saturated carbocycles. The Morgan fingerprint density at radius 2 is 1.89 bits per heavy atom. The van der Waals surface area contributed by atoms with Gasteiger partial charge in [0.15, 0.2) is 11.9 Å². The number of amides is 1. The second kappa shape index (κ2) is 7.25. The number of nitrogens with two attached hydrogens (primary N) is 1. The molecule has 7 heteroatoms. The highest BCUT2D eigenvalue weighted by Crippen LogP contribution is 2.40. The number of benzene rings is 2. The zero-order chi connectivity index (χ0) is 19.0. The Labute approximate surface area is 166 Å². The lowest BCUT2D eigenvalue weighted by Crippen LogP contribution is -2.33. The molecule has 0 aliphatic carbocycles. The van der Waals surface area contributed by atoms with E-state index < -0.39 is 12.0 Å². The molecule has 0 bridgehead atoms. The standard InChI is InChI=1S/C20H17Cl2N3O2/c21-13-10-8-12(9-11-13)18-19-15(5-3-7-17(27-19)20(23)26)24-25(18)16-6-2-1-4-14(16)22/h1-2,4,6,8-11,17H,3,5,7H2,(H2,23,26). The number of rotatable bonds is 3. The summed E-state index contributed by atoms with van der Waals surface area (Å²) in [5.41, 5.74) is 8.61. The van der Waals surface area contributed by atoms with Crippen LogP contribution in [0.5, 0.6) is 5.75 Å². The Kier molecular flexibility index (Phi) is 4.81. The van der Waals surface area contributed by atoms with Crippen molar-refractivity contribution >= 4 is 29.1 Å². The molecule has 138 valence electrons. The molecule has 4 rings (SSSR count). The Bertz CT molecular complexity index is 999. The van der Waals surface area contributed by atoms with Gasteiger partial charge in [-0.05, 0) is 43.5 Å². The first-order valence-corrected chi connectivity index (χ1v) is 9.39. The quantitative estimate of drug-likeness (QED) is 0.705. The van der Waals surface area contributed by atoms with Gasteiger partial charge in [0.2, 0.25) is 0 Å². The summed E-state index contributed by atoms with van der Waals surface area (Å²) in [6.07, 6.45) is 1.34. The van der Waals surface area contributed by atoms with E-state index in [2.05, 4.69) is 0 Å². The highest BCUT2D eigenvalue weighted by atomic mass is 35.5. The number of halogens is 2. The van der Waals surface area contributed by atoms with Crippen LogP contribution in [0.2, 0.25) is 10.0 Å². The summed E-state index contributed by atoms with van der Waals surface area (Å²) >= 11 is 12.5. The first-order valence-electron chi connectivity index (χ1n) is 8.63. The van der Waals surface area contributed by atoms with Crippen LogP contribution in [0.1, 0.15) is 18.5 Å². The number of fused-ring (bicyclic) bond motifs is 1. The molecule has 3 aromatic rings. The fraction of sp³-hybridized carbons (Fsp3) is 0.200. The van der Waals surface area contributed by atoms with Crippen LogP contribution in [0.3, 0.4) is 0 Å². The van der Waals surface area contributed by atoms with Gasteiger partial charge in [0.25, 0.3) is 5.91 Å². The minimum atomic E-state index is -0.679. The zero-order valence-electron chi connectivity index (χ0n) is 14.4. The third-order valence-electron chi connectivity index (χ3n) is 4.57. The van der Waals surface area contributed by atoms with Gasteiger partial charge in [0.1, 0.15) is 11.4 Å². The van der Waals surface area contributed by atoms with Crippen molar-refractivity contribution in [1.82, 2.24) is 9.78 Å². The Balaban J connectivity index is 1.95. The van der Waals surface area contributed by atoms with Crippen LogP contribution in [0.4, 0.5) is 0 Å². The molecule has 27 heavy (non-hydrogen) atoms. The van der Waals surface area contributed by atoms with Crippen molar-refractivity contribution in [2.75, 3.05) is 0 Å². The van der Waals surface area contributed by atoms with Crippen LogP contribution < -0.4 is 10.5 Å². The predicted octanol–water partition coefficient (Wildman–Crippen LogP) is 4.42. The first kappa shape index (κ1) is 17.9. The highest BCUT2D eigenvalue weighted by Gasteiger charge is 2.29. The van der Waals surface area contributed by atoms with Crippen molar-refractivity contribution in [3.05, 3.63) is 64.3 Å². The van der Waals surface area contributed by atoms with E-state index in [4.69, 9.17) is 38.8 Å². The lowest BCUT2D eigenvalue weighted by Gasteiger charge is -2.16. The molecule has 2 N–H and O–H groups in total. The van der Waals surface area contributed by atoms with Crippen LogP contribution in [-0.4, -0.2) is 21.8 Å². The van der Waals surface area contributed by atoms with Crippen LogP contribution in [0, 0.1) is 0 Å². The minimum absolute atomic E-state index is 0.476. The van der Waals surface area contributed by atoms with Crippen LogP contribution in [-0.2, 0) is 11.2 Å². The average Bonchev–Trinajstić information content (AvgIpc) is 2.86. The van der Waals surface area contributed by atoms with Gasteiger partial charge >= 0.3 is 0 Å². The Hall–Kier alpha value is -2.50. The van der Waals surface area contributed by atoms with E-state index in [1.807, 2.05) is 36.4 Å². The van der Waals surface area contributed by atoms with E-state index in [9.17, 15) is 4.79 Å². The molecule has 1 aromatic heterocycles. The molecule has 1 aliphatic heterocycles. The smallest absolute Gasteiger partial charge is 0.258 e. The van der Waals surface area contributed by atoms with Crippen molar-refractivity contribution in [3.63, 3.8) is 0 Å². The van der Waals surface area contributed by atoms with Crippen molar-refractivity contribution in [2.24, 2.45) is 5.73 Å². The predicted molar refractivity (Wildman–Crippen MR) is 106 cm³/mol. The third kappa shape index (κ3) is 3.40. The third-order valence-corrected chi connectivity index (χ3v) is 5.14. The molecule has 0 saturated heterocycles. The van der Waals surface area contributed by atoms with E-state index in [-0.39, 0.29) is 0 Å². The van der Waals surface area contributed by atoms with Crippen LogP contribution in [0.15, 0.2) is 48.5 Å². The van der Waals surface area contributed by atoms with E-state index in [1.165, 1.54) is 0 Å². The summed E-state index contributed by atoms with van der Waals surface area (Å²) < 4.78 is 7.81. The Morgan fingerprint density at radius 1 is 1.15 bits per heavy atom. The van der Waals surface area contributed by atoms with Crippen molar-refractivity contribution in [3.8, 4) is 22.7 Å². The number of aryl methyl sites for hydroxylation is 1. The molecule has 1 aliphatic rings. The SMILES string of the molecule is NC(=O)C1CCCc2nn(-c3ccccc3Cl)c(-c3ccc(Cl)cc3)c2O1. The molecule has 1 unspecified atom stereocenters. The normalized spacial score (nSPS) is 16.3. The number of hydrogen-bond acceptors (Lipinski definition) is 3. The summed E-state index contributed by atoms with van der Waals surface area (Å²) in [6, 6.07) is 14.8. The van der Waals surface area contributed by atoms with Gasteiger partial charge < -0.3 is 10.5 Å². The van der Waals surface area contributed by atoms with E-state index in [0.29, 0.717) is 28.6 Å². The molecule has 2 heterocycles. The molecule has 0 spiro atoms. The second-order valence-corrected chi connectivity index (χ2v) is 7.24. The topological polar surface area (TPSA) is 70.1 Å². The summed E-state index contributed by atoms with van der Waals surface area (Å²) in [7, 11) is 0. The number of carbonyl (C=O) groups excluding carboxylic acids is 1. The van der Waals surface area contributed by atoms with Crippen molar-refractivity contribution in [1.29, 1.82) is 0 Å². The summed E-state index contributed by atoms with van der Waals surface area (Å²) in [5.74, 6) is 0.0916. The number of carbonyl (C=O) groups is 1. The number of para-hydroxylation sites is 1. The Morgan fingerprint density at radius 3 is 2.59 bits per heavy atom. The van der Waals surface area contributed by atoms with Gasteiger partial charge in [0.05, 0.1) is 10.7 Å². The molecule has 1 amide bonds. The van der Waals surface area contributed by atoms with Crippen LogP contribution in [0.25, 0.3) is 16.9 Å². The van der Waals surface area contributed by atoms with E-state index in [0.717, 1.165) is 29.1 Å². The molecule has 0 fully saturated rings. The number of aromatic nitrogens is 2. The maximum atomic E-state index is 11.8. The molecule has 2 aromatic carbocycles.